The van der Waals surface area contributed by atoms with Gasteiger partial charge in [-0.3, -0.25) is 9.59 Å². The standard InChI is InChI=1S/C27H31NO14/c29-8-13-20(35)22(37)18(28-13)19(34)12-7-15(33)17(14(32)6-3-10-1-4-11(31)5-2-10)25(40)27(12,41)26-24(39)23(38)21(36)16(9-30)42-26/h1-7,13,16,20-24,26,28-32,34-39,41H,8-9H2/b6-3+,17-14-,19-18+/t13-,16-,20-,21-,22-,23+,24-,26-,27?/m1/s1. The first-order valence-electron chi connectivity index (χ1n) is 12.7. The second kappa shape index (κ2) is 11.9. The van der Waals surface area contributed by atoms with Gasteiger partial charge in [0.1, 0.15) is 65.6 Å². The number of ether oxygens (including phenoxy) is 1. The molecule has 1 aromatic rings. The van der Waals surface area contributed by atoms with Crippen molar-refractivity contribution >= 4 is 17.6 Å². The van der Waals surface area contributed by atoms with Gasteiger partial charge in [-0.25, -0.2) is 0 Å². The summed E-state index contributed by atoms with van der Waals surface area (Å²) in [5.41, 5.74) is -5.57. The maximum Gasteiger partial charge on any atom is 0.209 e. The number of rotatable bonds is 6. The fraction of sp³-hybridized carbons (Fsp3) is 0.407. The molecule has 0 radical (unpaired) electrons. The van der Waals surface area contributed by atoms with Crippen molar-refractivity contribution in [2.75, 3.05) is 13.2 Å². The molecule has 228 valence electrons. The second-order valence-electron chi connectivity index (χ2n) is 10.1. The predicted octanol–water partition coefficient (Wildman–Crippen LogP) is -3.68. The molecule has 0 amide bonds. The summed E-state index contributed by atoms with van der Waals surface area (Å²) in [5, 5.41) is 117. The van der Waals surface area contributed by atoms with Crippen LogP contribution in [0.5, 0.6) is 5.75 Å². The van der Waals surface area contributed by atoms with Crippen molar-refractivity contribution in [3.8, 4) is 5.75 Å². The van der Waals surface area contributed by atoms with Crippen LogP contribution in [0.4, 0.5) is 0 Å². The number of aromatic hydroxyl groups is 1. The van der Waals surface area contributed by atoms with Gasteiger partial charge >= 0.3 is 0 Å². The number of allylic oxidation sites excluding steroid dienone is 2. The largest absolute Gasteiger partial charge is 0.508 e. The zero-order chi connectivity index (χ0) is 31.1. The van der Waals surface area contributed by atoms with Gasteiger partial charge in [0.2, 0.25) is 5.78 Å². The molecule has 2 heterocycles. The molecule has 12 N–H and O–H groups in total. The third-order valence-corrected chi connectivity index (χ3v) is 7.47. The van der Waals surface area contributed by atoms with Crippen molar-refractivity contribution in [3.63, 3.8) is 0 Å². The number of carbonyl (C=O) groups excluding carboxylic acids is 2. The van der Waals surface area contributed by atoms with Crippen molar-refractivity contribution in [3.05, 3.63) is 70.3 Å². The summed E-state index contributed by atoms with van der Waals surface area (Å²) in [6.45, 7) is -1.69. The molecule has 0 bridgehead atoms. The summed E-state index contributed by atoms with van der Waals surface area (Å²) < 4.78 is 5.40. The van der Waals surface area contributed by atoms with Gasteiger partial charge in [-0.05, 0) is 29.8 Å². The molecule has 2 aliphatic heterocycles. The summed E-state index contributed by atoms with van der Waals surface area (Å²) in [4.78, 5) is 27.0. The lowest BCUT2D eigenvalue weighted by Gasteiger charge is -2.47. The van der Waals surface area contributed by atoms with Gasteiger partial charge in [-0.1, -0.05) is 18.2 Å². The van der Waals surface area contributed by atoms with E-state index in [4.69, 9.17) is 4.74 Å². The maximum atomic E-state index is 13.9. The van der Waals surface area contributed by atoms with Crippen LogP contribution in [0.3, 0.4) is 0 Å². The van der Waals surface area contributed by atoms with E-state index in [9.17, 15) is 65.8 Å². The molecule has 2 fully saturated rings. The van der Waals surface area contributed by atoms with Crippen LogP contribution in [-0.4, -0.2) is 135 Å². The van der Waals surface area contributed by atoms with Crippen LogP contribution in [0.15, 0.2) is 64.8 Å². The van der Waals surface area contributed by atoms with Crippen LogP contribution in [0, 0.1) is 0 Å². The number of hydrogen-bond acceptors (Lipinski definition) is 15. The van der Waals surface area contributed by atoms with E-state index in [2.05, 4.69) is 5.32 Å². The molecular formula is C27H31NO14. The first kappa shape index (κ1) is 31.3. The van der Waals surface area contributed by atoms with E-state index < -0.39 is 108 Å². The Bertz CT molecular complexity index is 1350. The fourth-order valence-electron chi connectivity index (χ4n) is 5.07. The summed E-state index contributed by atoms with van der Waals surface area (Å²) in [6, 6.07) is 4.32. The van der Waals surface area contributed by atoms with Crippen LogP contribution in [-0.2, 0) is 14.3 Å². The van der Waals surface area contributed by atoms with E-state index in [-0.39, 0.29) is 5.75 Å². The van der Waals surface area contributed by atoms with E-state index in [0.29, 0.717) is 11.6 Å². The van der Waals surface area contributed by atoms with Gasteiger partial charge in [-0.15, -0.1) is 0 Å². The number of nitrogens with one attached hydrogen (secondary N) is 1. The number of aliphatic hydroxyl groups is 10. The lowest BCUT2D eigenvalue weighted by atomic mass is 9.70. The zero-order valence-electron chi connectivity index (χ0n) is 21.7. The Morgan fingerprint density at radius 3 is 2.14 bits per heavy atom. The Labute approximate surface area is 237 Å². The average Bonchev–Trinajstić information content (AvgIpc) is 3.26. The number of phenolic OH excluding ortho intramolecular Hbond substituents is 1. The number of aliphatic hydroxyl groups excluding tert-OH is 9. The van der Waals surface area contributed by atoms with E-state index in [1.807, 2.05) is 0 Å². The Morgan fingerprint density at radius 1 is 0.929 bits per heavy atom. The van der Waals surface area contributed by atoms with Gasteiger partial charge in [0.15, 0.2) is 11.4 Å². The molecular weight excluding hydrogens is 562 g/mol. The first-order valence-corrected chi connectivity index (χ1v) is 12.7. The van der Waals surface area contributed by atoms with Crippen LogP contribution in [0.25, 0.3) is 6.08 Å². The highest BCUT2D eigenvalue weighted by Crippen LogP contribution is 2.42. The second-order valence-corrected chi connectivity index (χ2v) is 10.1. The van der Waals surface area contributed by atoms with Gasteiger partial charge in [0.25, 0.3) is 0 Å². The number of Topliss-reactive ketones (excluding diaryl/α,β-unsaturated/α-hetero) is 1. The molecule has 2 saturated heterocycles. The molecule has 0 spiro atoms. The first-order chi connectivity index (χ1) is 19.8. The van der Waals surface area contributed by atoms with Crippen LogP contribution in [0.1, 0.15) is 5.56 Å². The smallest absolute Gasteiger partial charge is 0.209 e. The average molecular weight is 594 g/mol. The predicted molar refractivity (Wildman–Crippen MR) is 139 cm³/mol. The van der Waals surface area contributed by atoms with Crippen molar-refractivity contribution in [1.82, 2.24) is 5.32 Å². The Balaban J connectivity index is 1.89. The fourth-order valence-corrected chi connectivity index (χ4v) is 5.07. The monoisotopic (exact) mass is 593 g/mol. The Kier molecular flexibility index (Phi) is 8.89. The molecule has 42 heavy (non-hydrogen) atoms. The number of carbonyl (C=O) groups is 2. The van der Waals surface area contributed by atoms with Gasteiger partial charge in [-0.2, -0.15) is 0 Å². The van der Waals surface area contributed by atoms with Crippen LogP contribution in [0.2, 0.25) is 0 Å². The summed E-state index contributed by atoms with van der Waals surface area (Å²) >= 11 is 0. The number of hydrogen-bond donors (Lipinski definition) is 12. The number of phenols is 1. The highest BCUT2D eigenvalue weighted by Gasteiger charge is 2.61. The van der Waals surface area contributed by atoms with Crippen molar-refractivity contribution in [1.29, 1.82) is 0 Å². The normalized spacial score (nSPS) is 38.0. The maximum absolute atomic E-state index is 13.9. The van der Waals surface area contributed by atoms with Gasteiger partial charge in [0, 0.05) is 5.57 Å². The minimum absolute atomic E-state index is 0.0525. The SMILES string of the molecule is O=C1C=C(/C(O)=C2\N[C@H](CO)[C@@H](O)[C@@H]2O)C(O)([C@@H]2O[C@H](CO)[C@@H](O)[C@H](O)[C@H]2O)C(=O)/C1=C(O)/C=C/c1ccc(O)cc1. The molecule has 4 rings (SSSR count). The molecule has 3 aliphatic rings. The van der Waals surface area contributed by atoms with E-state index >= 15 is 0 Å². The van der Waals surface area contributed by atoms with Crippen molar-refractivity contribution < 1.29 is 70.5 Å². The molecule has 1 aliphatic carbocycles. The Morgan fingerprint density at radius 2 is 1.57 bits per heavy atom. The highest BCUT2D eigenvalue weighted by atomic mass is 16.6. The van der Waals surface area contributed by atoms with Crippen LogP contribution < -0.4 is 5.32 Å². The third-order valence-electron chi connectivity index (χ3n) is 7.47. The van der Waals surface area contributed by atoms with E-state index in [1.165, 1.54) is 30.3 Å². The van der Waals surface area contributed by atoms with Crippen LogP contribution >= 0.6 is 0 Å². The molecule has 15 nitrogen and oxygen atoms in total. The van der Waals surface area contributed by atoms with E-state index in [0.717, 1.165) is 6.08 Å². The van der Waals surface area contributed by atoms with Crippen molar-refractivity contribution in [2.24, 2.45) is 0 Å². The molecule has 1 unspecified atom stereocenters. The molecule has 15 heteroatoms. The van der Waals surface area contributed by atoms with Gasteiger partial charge in [0.05, 0.1) is 25.0 Å². The third kappa shape index (κ3) is 5.22. The number of benzene rings is 1. The topological polar surface area (TPSA) is 278 Å². The summed E-state index contributed by atoms with van der Waals surface area (Å²) in [7, 11) is 0. The van der Waals surface area contributed by atoms with E-state index in [1.54, 1.807) is 0 Å². The zero-order valence-corrected chi connectivity index (χ0v) is 21.7. The highest BCUT2D eigenvalue weighted by molar-refractivity contribution is 6.31. The minimum Gasteiger partial charge on any atom is -0.508 e. The molecule has 1 aromatic carbocycles. The number of ketones is 2. The lowest BCUT2D eigenvalue weighted by molar-refractivity contribution is -0.259. The molecule has 0 aromatic heterocycles. The van der Waals surface area contributed by atoms with Gasteiger partial charge < -0.3 is 66.2 Å². The minimum atomic E-state index is -3.32. The summed E-state index contributed by atoms with van der Waals surface area (Å²) in [5.74, 6) is -5.09. The quantitative estimate of drug-likeness (QED) is 0.0860. The Hall–Kier alpha value is -3.64. The van der Waals surface area contributed by atoms with Crippen molar-refractivity contribution in [2.45, 2.75) is 54.4 Å². The summed E-state index contributed by atoms with van der Waals surface area (Å²) in [6.07, 6.45) is -11.2. The lowest BCUT2D eigenvalue weighted by Crippen LogP contribution is -2.69. The molecule has 9 atom stereocenters. The molecule has 0 saturated carbocycles.